The summed E-state index contributed by atoms with van der Waals surface area (Å²) < 4.78 is 6.12. The Hall–Kier alpha value is -1.07. The van der Waals surface area contributed by atoms with E-state index in [2.05, 4.69) is 21.2 Å². The molecule has 0 aliphatic heterocycles. The monoisotopic (exact) mass is 354 g/mol. The molecule has 3 atom stereocenters. The number of methoxy groups -OCH3 is 1. The van der Waals surface area contributed by atoms with Crippen LogP contribution in [0.2, 0.25) is 0 Å². The van der Waals surface area contributed by atoms with Crippen molar-refractivity contribution < 1.29 is 9.53 Å². The number of nitrogens with one attached hydrogen (secondary N) is 1. The van der Waals surface area contributed by atoms with Crippen LogP contribution in [0.1, 0.15) is 37.8 Å². The fourth-order valence-electron chi connectivity index (χ4n) is 3.02. The molecule has 1 amide bonds. The minimum atomic E-state index is -0.0290. The van der Waals surface area contributed by atoms with Crippen molar-refractivity contribution in [2.24, 2.45) is 17.6 Å². The van der Waals surface area contributed by atoms with Crippen LogP contribution in [0.3, 0.4) is 0 Å². The summed E-state index contributed by atoms with van der Waals surface area (Å²) in [6, 6.07) is 5.83. The lowest BCUT2D eigenvalue weighted by molar-refractivity contribution is -0.126. The number of halogens is 1. The molecule has 1 aliphatic carbocycles. The number of amides is 1. The third-order valence-corrected chi connectivity index (χ3v) is 4.95. The smallest absolute Gasteiger partial charge is 0.223 e. The summed E-state index contributed by atoms with van der Waals surface area (Å²) in [5.74, 6) is 1.32. The molecule has 2 rings (SSSR count). The van der Waals surface area contributed by atoms with E-state index in [0.717, 1.165) is 35.0 Å². The molecule has 3 unspecified atom stereocenters. The third kappa shape index (κ3) is 3.77. The molecule has 1 aromatic rings. The zero-order valence-corrected chi connectivity index (χ0v) is 14.2. The lowest BCUT2D eigenvalue weighted by Crippen LogP contribution is -2.36. The lowest BCUT2D eigenvalue weighted by atomic mass is 9.94. The average molecular weight is 355 g/mol. The largest absolute Gasteiger partial charge is 0.496 e. The van der Waals surface area contributed by atoms with Gasteiger partial charge in [-0.25, -0.2) is 0 Å². The highest BCUT2D eigenvalue weighted by molar-refractivity contribution is 9.10. The predicted molar refractivity (Wildman–Crippen MR) is 87.1 cm³/mol. The predicted octanol–water partition coefficient (Wildman–Crippen LogP) is 3.01. The standard InChI is InChI=1S/C16H23BrN2O2/c1-10(11-6-7-15(21-2)14(17)8-11)19-16(20)13-5-3-4-12(13)9-18/h6-8,10,12-13H,3-5,9,18H2,1-2H3,(H,19,20). The maximum Gasteiger partial charge on any atom is 0.223 e. The minimum Gasteiger partial charge on any atom is -0.496 e. The van der Waals surface area contributed by atoms with Crippen LogP contribution < -0.4 is 15.8 Å². The molecule has 4 nitrogen and oxygen atoms in total. The van der Waals surface area contributed by atoms with Gasteiger partial charge in [-0.15, -0.1) is 0 Å². The van der Waals surface area contributed by atoms with Gasteiger partial charge in [-0.05, 0) is 65.9 Å². The molecule has 0 heterocycles. The quantitative estimate of drug-likeness (QED) is 0.853. The van der Waals surface area contributed by atoms with Gasteiger partial charge in [0.05, 0.1) is 17.6 Å². The van der Waals surface area contributed by atoms with Gasteiger partial charge in [0.15, 0.2) is 0 Å². The van der Waals surface area contributed by atoms with E-state index in [1.807, 2.05) is 25.1 Å². The second kappa shape index (κ2) is 7.27. The SMILES string of the molecule is COc1ccc(C(C)NC(=O)C2CCCC2CN)cc1Br. The molecule has 1 fully saturated rings. The Balaban J connectivity index is 2.02. The van der Waals surface area contributed by atoms with Crippen LogP contribution in [0, 0.1) is 11.8 Å². The first kappa shape index (κ1) is 16.3. The Morgan fingerprint density at radius 1 is 1.52 bits per heavy atom. The fraction of sp³-hybridized carbons (Fsp3) is 0.562. The molecule has 116 valence electrons. The summed E-state index contributed by atoms with van der Waals surface area (Å²) in [5.41, 5.74) is 6.81. The second-order valence-corrected chi connectivity index (χ2v) is 6.51. The van der Waals surface area contributed by atoms with E-state index in [1.54, 1.807) is 7.11 Å². The number of benzene rings is 1. The highest BCUT2D eigenvalue weighted by atomic mass is 79.9. The van der Waals surface area contributed by atoms with Crippen molar-refractivity contribution in [3.63, 3.8) is 0 Å². The summed E-state index contributed by atoms with van der Waals surface area (Å²) in [5, 5.41) is 3.11. The van der Waals surface area contributed by atoms with Gasteiger partial charge in [-0.2, -0.15) is 0 Å². The van der Waals surface area contributed by atoms with Crippen LogP contribution in [0.5, 0.6) is 5.75 Å². The van der Waals surface area contributed by atoms with Crippen molar-refractivity contribution in [2.45, 2.75) is 32.2 Å². The maximum absolute atomic E-state index is 12.4. The van der Waals surface area contributed by atoms with Crippen molar-refractivity contribution >= 4 is 21.8 Å². The number of carbonyl (C=O) groups excluding carboxylic acids is 1. The molecule has 1 aromatic carbocycles. The zero-order chi connectivity index (χ0) is 15.4. The number of nitrogens with two attached hydrogens (primary N) is 1. The van der Waals surface area contributed by atoms with Gasteiger partial charge in [0.2, 0.25) is 5.91 Å². The number of hydrogen-bond acceptors (Lipinski definition) is 3. The number of carbonyl (C=O) groups is 1. The van der Waals surface area contributed by atoms with Crippen molar-refractivity contribution in [3.8, 4) is 5.75 Å². The first-order valence-electron chi connectivity index (χ1n) is 7.40. The van der Waals surface area contributed by atoms with Crippen LogP contribution in [0.15, 0.2) is 22.7 Å². The molecule has 1 saturated carbocycles. The molecule has 5 heteroatoms. The van der Waals surface area contributed by atoms with E-state index in [-0.39, 0.29) is 17.9 Å². The zero-order valence-electron chi connectivity index (χ0n) is 12.6. The molecule has 0 radical (unpaired) electrons. The minimum absolute atomic E-state index is 0.0290. The first-order valence-corrected chi connectivity index (χ1v) is 8.20. The summed E-state index contributed by atoms with van der Waals surface area (Å²) in [4.78, 5) is 12.4. The Kier molecular flexibility index (Phi) is 5.65. The first-order chi connectivity index (χ1) is 10.1. The van der Waals surface area contributed by atoms with Crippen LogP contribution in [0.25, 0.3) is 0 Å². The molecule has 0 bridgehead atoms. The molecule has 21 heavy (non-hydrogen) atoms. The summed E-state index contributed by atoms with van der Waals surface area (Å²) in [7, 11) is 1.64. The number of rotatable bonds is 5. The van der Waals surface area contributed by atoms with Crippen LogP contribution in [-0.4, -0.2) is 19.6 Å². The molecular weight excluding hydrogens is 332 g/mol. The molecule has 0 spiro atoms. The maximum atomic E-state index is 12.4. The van der Waals surface area contributed by atoms with Gasteiger partial charge >= 0.3 is 0 Å². The average Bonchev–Trinajstić information content (AvgIpc) is 2.95. The lowest BCUT2D eigenvalue weighted by Gasteiger charge is -2.21. The Bertz CT molecular complexity index is 507. The molecule has 0 aromatic heterocycles. The van der Waals surface area contributed by atoms with Gasteiger partial charge in [0.25, 0.3) is 0 Å². The molecular formula is C16H23BrN2O2. The third-order valence-electron chi connectivity index (χ3n) is 4.33. The van der Waals surface area contributed by atoms with Gasteiger partial charge in [0.1, 0.15) is 5.75 Å². The number of ether oxygens (including phenoxy) is 1. The number of hydrogen-bond donors (Lipinski definition) is 2. The van der Waals surface area contributed by atoms with Gasteiger partial charge in [-0.3, -0.25) is 4.79 Å². The highest BCUT2D eigenvalue weighted by Gasteiger charge is 2.32. The Morgan fingerprint density at radius 3 is 2.90 bits per heavy atom. The van der Waals surface area contributed by atoms with E-state index in [0.29, 0.717) is 12.5 Å². The van der Waals surface area contributed by atoms with E-state index >= 15 is 0 Å². The van der Waals surface area contributed by atoms with Gasteiger partial charge < -0.3 is 15.8 Å². The summed E-state index contributed by atoms with van der Waals surface area (Å²) in [6.07, 6.45) is 3.12. The van der Waals surface area contributed by atoms with Crippen molar-refractivity contribution in [1.29, 1.82) is 0 Å². The van der Waals surface area contributed by atoms with E-state index in [1.165, 1.54) is 0 Å². The summed E-state index contributed by atoms with van der Waals surface area (Å²) in [6.45, 7) is 2.60. The van der Waals surface area contributed by atoms with Crippen molar-refractivity contribution in [3.05, 3.63) is 28.2 Å². The fourth-order valence-corrected chi connectivity index (χ4v) is 3.58. The van der Waals surface area contributed by atoms with Gasteiger partial charge in [0, 0.05) is 5.92 Å². The van der Waals surface area contributed by atoms with Crippen LogP contribution in [0.4, 0.5) is 0 Å². The highest BCUT2D eigenvalue weighted by Crippen LogP contribution is 2.32. The Labute approximate surface area is 134 Å². The summed E-state index contributed by atoms with van der Waals surface area (Å²) >= 11 is 3.47. The van der Waals surface area contributed by atoms with Crippen LogP contribution >= 0.6 is 15.9 Å². The topological polar surface area (TPSA) is 64.3 Å². The van der Waals surface area contributed by atoms with Gasteiger partial charge in [-0.1, -0.05) is 12.5 Å². The van der Waals surface area contributed by atoms with E-state index in [9.17, 15) is 4.79 Å². The van der Waals surface area contributed by atoms with Crippen molar-refractivity contribution in [2.75, 3.05) is 13.7 Å². The molecule has 3 N–H and O–H groups in total. The van der Waals surface area contributed by atoms with Crippen molar-refractivity contribution in [1.82, 2.24) is 5.32 Å². The molecule has 1 aliphatic rings. The molecule has 0 saturated heterocycles. The van der Waals surface area contributed by atoms with Crippen LogP contribution in [-0.2, 0) is 4.79 Å². The second-order valence-electron chi connectivity index (χ2n) is 5.66. The Morgan fingerprint density at radius 2 is 2.29 bits per heavy atom. The normalized spacial score (nSPS) is 22.9. The van der Waals surface area contributed by atoms with E-state index < -0.39 is 0 Å². The van der Waals surface area contributed by atoms with E-state index in [4.69, 9.17) is 10.5 Å².